The molecule has 2 aromatic carbocycles. The normalized spacial score (nSPS) is 11.6. The van der Waals surface area contributed by atoms with E-state index >= 15 is 0 Å². The third-order valence-electron chi connectivity index (χ3n) is 3.51. The number of nitrogens with one attached hydrogen (secondary N) is 1. The molecule has 1 N–H and O–H groups in total. The minimum Gasteiger partial charge on any atom is -0.497 e. The molecular weight excluding hydrogens is 278 g/mol. The molecule has 0 spiro atoms. The highest BCUT2D eigenvalue weighted by atomic mass is 16.5. The third kappa shape index (κ3) is 4.07. The quantitative estimate of drug-likeness (QED) is 0.845. The van der Waals surface area contributed by atoms with Gasteiger partial charge < -0.3 is 19.5 Å². The van der Waals surface area contributed by atoms with Crippen LogP contribution in [0, 0.1) is 0 Å². The van der Waals surface area contributed by atoms with Crippen molar-refractivity contribution in [2.24, 2.45) is 0 Å². The highest BCUT2D eigenvalue weighted by Crippen LogP contribution is 2.29. The van der Waals surface area contributed by atoms with Crippen molar-refractivity contribution in [3.05, 3.63) is 48.0 Å². The summed E-state index contributed by atoms with van der Waals surface area (Å²) in [5.74, 6) is 2.44. The fourth-order valence-electron chi connectivity index (χ4n) is 2.35. The van der Waals surface area contributed by atoms with Gasteiger partial charge in [-0.15, -0.1) is 0 Å². The predicted octanol–water partition coefficient (Wildman–Crippen LogP) is 3.76. The largest absolute Gasteiger partial charge is 0.497 e. The fourth-order valence-corrected chi connectivity index (χ4v) is 2.35. The molecule has 0 saturated heterocycles. The first-order valence-electron chi connectivity index (χ1n) is 7.27. The Morgan fingerprint density at radius 3 is 2.09 bits per heavy atom. The second-order valence-electron chi connectivity index (χ2n) is 5.16. The van der Waals surface area contributed by atoms with E-state index in [2.05, 4.69) is 24.4 Å². The van der Waals surface area contributed by atoms with Crippen LogP contribution >= 0.6 is 0 Å². The van der Waals surface area contributed by atoms with Crippen molar-refractivity contribution in [2.75, 3.05) is 26.6 Å². The van der Waals surface area contributed by atoms with Crippen LogP contribution in [-0.4, -0.2) is 27.4 Å². The topological polar surface area (TPSA) is 39.7 Å². The number of benzene rings is 2. The number of rotatable bonds is 7. The van der Waals surface area contributed by atoms with Crippen molar-refractivity contribution >= 4 is 5.69 Å². The molecule has 0 aromatic heterocycles. The summed E-state index contributed by atoms with van der Waals surface area (Å²) in [6.45, 7) is 2.15. The van der Waals surface area contributed by atoms with E-state index in [-0.39, 0.29) is 6.04 Å². The molecule has 0 aliphatic carbocycles. The number of methoxy groups -OCH3 is 3. The zero-order valence-electron chi connectivity index (χ0n) is 13.6. The standard InChI is InChI=1S/C18H23NO3/c1-13(11-14-5-7-15(20-2)8-6-14)19-17-10-9-16(21-3)12-18(17)22-4/h5-10,12-13,19H,11H2,1-4H3. The lowest BCUT2D eigenvalue weighted by Gasteiger charge is -2.18. The molecular formula is C18H23NO3. The summed E-state index contributed by atoms with van der Waals surface area (Å²) in [6, 6.07) is 14.2. The Morgan fingerprint density at radius 2 is 1.50 bits per heavy atom. The average Bonchev–Trinajstić information content (AvgIpc) is 2.55. The molecule has 0 radical (unpaired) electrons. The highest BCUT2D eigenvalue weighted by molar-refractivity contribution is 5.59. The van der Waals surface area contributed by atoms with Crippen LogP contribution in [0.3, 0.4) is 0 Å². The first-order valence-corrected chi connectivity index (χ1v) is 7.27. The molecule has 118 valence electrons. The molecule has 2 aromatic rings. The van der Waals surface area contributed by atoms with Crippen LogP contribution in [0.4, 0.5) is 5.69 Å². The van der Waals surface area contributed by atoms with Crippen molar-refractivity contribution < 1.29 is 14.2 Å². The monoisotopic (exact) mass is 301 g/mol. The second-order valence-corrected chi connectivity index (χ2v) is 5.16. The van der Waals surface area contributed by atoms with Gasteiger partial charge in [-0.1, -0.05) is 12.1 Å². The van der Waals surface area contributed by atoms with Crippen molar-refractivity contribution in [2.45, 2.75) is 19.4 Å². The molecule has 2 rings (SSSR count). The molecule has 0 amide bonds. The number of anilines is 1. The van der Waals surface area contributed by atoms with Crippen molar-refractivity contribution in [3.63, 3.8) is 0 Å². The molecule has 0 aliphatic heterocycles. The lowest BCUT2D eigenvalue weighted by atomic mass is 10.1. The summed E-state index contributed by atoms with van der Waals surface area (Å²) >= 11 is 0. The van der Waals surface area contributed by atoms with E-state index in [0.717, 1.165) is 29.4 Å². The third-order valence-corrected chi connectivity index (χ3v) is 3.51. The van der Waals surface area contributed by atoms with Gasteiger partial charge >= 0.3 is 0 Å². The Kier molecular flexibility index (Phi) is 5.53. The smallest absolute Gasteiger partial charge is 0.145 e. The van der Waals surface area contributed by atoms with E-state index in [1.165, 1.54) is 5.56 Å². The Balaban J connectivity index is 2.03. The van der Waals surface area contributed by atoms with Crippen LogP contribution in [-0.2, 0) is 6.42 Å². The Labute approximate surface area is 132 Å². The maximum Gasteiger partial charge on any atom is 0.145 e. The van der Waals surface area contributed by atoms with Crippen LogP contribution in [0.1, 0.15) is 12.5 Å². The van der Waals surface area contributed by atoms with Gasteiger partial charge in [-0.25, -0.2) is 0 Å². The van der Waals surface area contributed by atoms with Crippen LogP contribution in [0.25, 0.3) is 0 Å². The molecule has 22 heavy (non-hydrogen) atoms. The van der Waals surface area contributed by atoms with E-state index in [0.29, 0.717) is 0 Å². The minimum absolute atomic E-state index is 0.274. The summed E-state index contributed by atoms with van der Waals surface area (Å²) in [6.07, 6.45) is 0.916. The molecule has 1 unspecified atom stereocenters. The Hall–Kier alpha value is -2.36. The van der Waals surface area contributed by atoms with Gasteiger partial charge in [-0.05, 0) is 43.2 Å². The van der Waals surface area contributed by atoms with Crippen LogP contribution in [0.2, 0.25) is 0 Å². The maximum absolute atomic E-state index is 5.41. The van der Waals surface area contributed by atoms with Crippen molar-refractivity contribution in [3.8, 4) is 17.2 Å². The summed E-state index contributed by atoms with van der Waals surface area (Å²) < 4.78 is 15.8. The van der Waals surface area contributed by atoms with Gasteiger partial charge in [0.25, 0.3) is 0 Å². The average molecular weight is 301 g/mol. The van der Waals surface area contributed by atoms with E-state index in [9.17, 15) is 0 Å². The van der Waals surface area contributed by atoms with Gasteiger partial charge in [-0.3, -0.25) is 0 Å². The van der Waals surface area contributed by atoms with Crippen molar-refractivity contribution in [1.82, 2.24) is 0 Å². The van der Waals surface area contributed by atoms with Crippen LogP contribution in [0.15, 0.2) is 42.5 Å². The van der Waals surface area contributed by atoms with E-state index < -0.39 is 0 Å². The number of hydrogen-bond acceptors (Lipinski definition) is 4. The van der Waals surface area contributed by atoms with Gasteiger partial charge in [-0.2, -0.15) is 0 Å². The maximum atomic E-state index is 5.41. The van der Waals surface area contributed by atoms with Gasteiger partial charge in [0.2, 0.25) is 0 Å². The van der Waals surface area contributed by atoms with Crippen LogP contribution in [0.5, 0.6) is 17.2 Å². The molecule has 0 bridgehead atoms. The van der Waals surface area contributed by atoms with Gasteiger partial charge in [0.15, 0.2) is 0 Å². The fraction of sp³-hybridized carbons (Fsp3) is 0.333. The summed E-state index contributed by atoms with van der Waals surface area (Å²) in [5, 5.41) is 3.48. The highest BCUT2D eigenvalue weighted by Gasteiger charge is 2.09. The zero-order chi connectivity index (χ0) is 15.9. The molecule has 4 nitrogen and oxygen atoms in total. The molecule has 0 fully saturated rings. The van der Waals surface area contributed by atoms with Gasteiger partial charge in [0.05, 0.1) is 27.0 Å². The lowest BCUT2D eigenvalue weighted by Crippen LogP contribution is -2.18. The molecule has 4 heteroatoms. The summed E-state index contributed by atoms with van der Waals surface area (Å²) in [5.41, 5.74) is 2.22. The molecule has 1 atom stereocenters. The minimum atomic E-state index is 0.274. The summed E-state index contributed by atoms with van der Waals surface area (Å²) in [7, 11) is 4.98. The Bertz CT molecular complexity index is 596. The SMILES string of the molecule is COc1ccc(CC(C)Nc2ccc(OC)cc2OC)cc1. The Morgan fingerprint density at radius 1 is 0.864 bits per heavy atom. The second kappa shape index (κ2) is 7.59. The predicted molar refractivity (Wildman–Crippen MR) is 89.3 cm³/mol. The van der Waals surface area contributed by atoms with E-state index in [1.54, 1.807) is 21.3 Å². The van der Waals surface area contributed by atoms with E-state index in [1.807, 2.05) is 30.3 Å². The van der Waals surface area contributed by atoms with Gasteiger partial charge in [0.1, 0.15) is 17.2 Å². The summed E-state index contributed by atoms with van der Waals surface area (Å²) in [4.78, 5) is 0. The molecule has 0 heterocycles. The molecule has 0 aliphatic rings. The first-order chi connectivity index (χ1) is 10.7. The van der Waals surface area contributed by atoms with Crippen molar-refractivity contribution in [1.29, 1.82) is 0 Å². The van der Waals surface area contributed by atoms with Gasteiger partial charge in [0, 0.05) is 12.1 Å². The number of ether oxygens (including phenoxy) is 3. The first kappa shape index (κ1) is 16.0. The lowest BCUT2D eigenvalue weighted by molar-refractivity contribution is 0.395. The van der Waals surface area contributed by atoms with Crippen LogP contribution < -0.4 is 19.5 Å². The van der Waals surface area contributed by atoms with E-state index in [4.69, 9.17) is 14.2 Å². The molecule has 0 saturated carbocycles. The number of hydrogen-bond donors (Lipinski definition) is 1. The zero-order valence-corrected chi connectivity index (χ0v) is 13.6.